The number of nitrogens with one attached hydrogen (secondary N) is 1. The van der Waals surface area contributed by atoms with Crippen molar-refractivity contribution >= 4 is 17.3 Å². The van der Waals surface area contributed by atoms with Gasteiger partial charge >= 0.3 is 0 Å². The highest BCUT2D eigenvalue weighted by Gasteiger charge is 2.16. The fourth-order valence-corrected chi connectivity index (χ4v) is 1.82. The molecule has 2 rings (SSSR count). The number of ether oxygens (including phenoxy) is 1. The molecule has 1 aromatic heterocycles. The van der Waals surface area contributed by atoms with Crippen LogP contribution in [-0.4, -0.2) is 36.9 Å². The number of hydrogen-bond acceptors (Lipinski definition) is 4. The van der Waals surface area contributed by atoms with Crippen LogP contribution in [-0.2, 0) is 7.05 Å². The number of nitrogens with zero attached hydrogens (tertiary/aromatic N) is 3. The molecular weight excluding hydrogens is 256 g/mol. The first kappa shape index (κ1) is 13.9. The maximum atomic E-state index is 12.2. The van der Waals surface area contributed by atoms with Crippen molar-refractivity contribution in [3.05, 3.63) is 36.0 Å². The second-order valence-corrected chi connectivity index (χ2v) is 4.62. The van der Waals surface area contributed by atoms with Crippen molar-refractivity contribution in [3.8, 4) is 5.88 Å². The van der Waals surface area contributed by atoms with Crippen LogP contribution in [0, 0.1) is 0 Å². The molecule has 0 bridgehead atoms. The summed E-state index contributed by atoms with van der Waals surface area (Å²) in [5.74, 6) is 0.0717. The summed E-state index contributed by atoms with van der Waals surface area (Å²) in [7, 11) is 7.17. The molecule has 1 heterocycles. The molecule has 1 N–H and O–H groups in total. The van der Waals surface area contributed by atoms with E-state index in [1.807, 2.05) is 43.3 Å². The van der Waals surface area contributed by atoms with E-state index in [0.29, 0.717) is 11.4 Å². The lowest BCUT2D eigenvalue weighted by molar-refractivity contribution is 0.102. The third kappa shape index (κ3) is 2.90. The molecule has 0 aliphatic rings. The number of amides is 1. The van der Waals surface area contributed by atoms with Crippen molar-refractivity contribution in [2.24, 2.45) is 7.05 Å². The molecule has 0 atom stereocenters. The van der Waals surface area contributed by atoms with E-state index < -0.39 is 0 Å². The van der Waals surface area contributed by atoms with Crippen molar-refractivity contribution in [2.45, 2.75) is 0 Å². The zero-order valence-electron chi connectivity index (χ0n) is 12.0. The lowest BCUT2D eigenvalue weighted by Crippen LogP contribution is -2.13. The molecule has 20 heavy (non-hydrogen) atoms. The molecule has 0 fully saturated rings. The minimum Gasteiger partial charge on any atom is -0.479 e. The van der Waals surface area contributed by atoms with Crippen LogP contribution < -0.4 is 15.0 Å². The minimum absolute atomic E-state index is 0.243. The van der Waals surface area contributed by atoms with Crippen molar-refractivity contribution in [3.63, 3.8) is 0 Å². The van der Waals surface area contributed by atoms with E-state index >= 15 is 0 Å². The summed E-state index contributed by atoms with van der Waals surface area (Å²) in [5.41, 5.74) is 2.21. The van der Waals surface area contributed by atoms with Gasteiger partial charge in [-0.2, -0.15) is 0 Å². The van der Waals surface area contributed by atoms with Crippen LogP contribution in [0.15, 0.2) is 30.5 Å². The Morgan fingerprint density at radius 2 is 1.95 bits per heavy atom. The van der Waals surface area contributed by atoms with Gasteiger partial charge in [-0.3, -0.25) is 9.48 Å². The van der Waals surface area contributed by atoms with Gasteiger partial charge in [0, 0.05) is 38.7 Å². The second-order valence-electron chi connectivity index (χ2n) is 4.62. The van der Waals surface area contributed by atoms with Gasteiger partial charge in [-0.25, -0.2) is 0 Å². The maximum Gasteiger partial charge on any atom is 0.262 e. The number of carbonyl (C=O) groups excluding carboxylic acids is 1. The molecule has 0 saturated carbocycles. The number of methoxy groups -OCH3 is 1. The Bertz CT molecular complexity index is 602. The summed E-state index contributed by atoms with van der Waals surface area (Å²) in [6, 6.07) is 7.60. The van der Waals surface area contributed by atoms with Crippen LogP contribution in [0.3, 0.4) is 0 Å². The van der Waals surface area contributed by atoms with Gasteiger partial charge in [-0.15, -0.1) is 5.10 Å². The largest absolute Gasteiger partial charge is 0.479 e. The number of aromatic nitrogens is 2. The smallest absolute Gasteiger partial charge is 0.262 e. The second kappa shape index (κ2) is 5.64. The summed E-state index contributed by atoms with van der Waals surface area (Å²) in [4.78, 5) is 14.2. The van der Waals surface area contributed by atoms with Crippen molar-refractivity contribution in [1.29, 1.82) is 0 Å². The lowest BCUT2D eigenvalue weighted by Gasteiger charge is -2.12. The van der Waals surface area contributed by atoms with E-state index in [2.05, 4.69) is 10.4 Å². The van der Waals surface area contributed by atoms with Crippen molar-refractivity contribution in [1.82, 2.24) is 9.78 Å². The van der Waals surface area contributed by atoms with Crippen LogP contribution in [0.2, 0.25) is 0 Å². The topological polar surface area (TPSA) is 59.4 Å². The number of hydrogen-bond donors (Lipinski definition) is 1. The normalized spacial score (nSPS) is 10.2. The van der Waals surface area contributed by atoms with Gasteiger partial charge in [0.05, 0.1) is 7.11 Å². The van der Waals surface area contributed by atoms with Crippen LogP contribution >= 0.6 is 0 Å². The van der Waals surface area contributed by atoms with Gasteiger partial charge in [-0.05, 0) is 24.3 Å². The monoisotopic (exact) mass is 274 g/mol. The van der Waals surface area contributed by atoms with Crippen LogP contribution in [0.25, 0.3) is 0 Å². The molecule has 0 aliphatic heterocycles. The van der Waals surface area contributed by atoms with Gasteiger partial charge in [0.2, 0.25) is 5.88 Å². The Hall–Kier alpha value is -2.50. The van der Waals surface area contributed by atoms with E-state index in [9.17, 15) is 4.79 Å². The molecule has 6 nitrogen and oxygen atoms in total. The zero-order valence-corrected chi connectivity index (χ0v) is 12.0. The highest BCUT2D eigenvalue weighted by molar-refractivity contribution is 6.05. The number of anilines is 2. The molecule has 1 aromatic carbocycles. The molecule has 0 saturated heterocycles. The SMILES string of the molecule is COc1nn(C)cc1C(=O)Nc1ccc(N(C)C)cc1. The fraction of sp³-hybridized carbons (Fsp3) is 0.286. The van der Waals surface area contributed by atoms with Crippen molar-refractivity contribution < 1.29 is 9.53 Å². The molecule has 2 aromatic rings. The first-order valence-corrected chi connectivity index (χ1v) is 6.17. The van der Waals surface area contributed by atoms with Crippen LogP contribution in [0.1, 0.15) is 10.4 Å². The minimum atomic E-state index is -0.243. The summed E-state index contributed by atoms with van der Waals surface area (Å²) in [5, 5.41) is 6.88. The first-order valence-electron chi connectivity index (χ1n) is 6.17. The Morgan fingerprint density at radius 1 is 1.30 bits per heavy atom. The maximum absolute atomic E-state index is 12.2. The van der Waals surface area contributed by atoms with Gasteiger partial charge in [0.1, 0.15) is 5.56 Å². The first-order chi connectivity index (χ1) is 9.51. The van der Waals surface area contributed by atoms with E-state index in [4.69, 9.17) is 4.74 Å². The molecule has 0 aliphatic carbocycles. The van der Waals surface area contributed by atoms with E-state index in [0.717, 1.165) is 11.4 Å². The molecule has 0 unspecified atom stereocenters. The molecule has 106 valence electrons. The summed E-state index contributed by atoms with van der Waals surface area (Å²) < 4.78 is 6.62. The van der Waals surface area contributed by atoms with Crippen molar-refractivity contribution in [2.75, 3.05) is 31.4 Å². The molecule has 1 amide bonds. The Kier molecular flexibility index (Phi) is 3.93. The molecule has 0 spiro atoms. The highest BCUT2D eigenvalue weighted by atomic mass is 16.5. The average Bonchev–Trinajstić information content (AvgIpc) is 2.80. The number of aryl methyl sites for hydroxylation is 1. The number of carbonyl (C=O) groups is 1. The quantitative estimate of drug-likeness (QED) is 0.922. The third-order valence-electron chi connectivity index (χ3n) is 2.87. The number of rotatable bonds is 4. The van der Waals surface area contributed by atoms with E-state index in [1.54, 1.807) is 17.9 Å². The Labute approximate surface area is 118 Å². The van der Waals surface area contributed by atoms with Gasteiger partial charge in [-0.1, -0.05) is 0 Å². The number of benzene rings is 1. The van der Waals surface area contributed by atoms with Crippen LogP contribution in [0.5, 0.6) is 5.88 Å². The Balaban J connectivity index is 2.14. The average molecular weight is 274 g/mol. The zero-order chi connectivity index (χ0) is 14.7. The summed E-state index contributed by atoms with van der Waals surface area (Å²) >= 11 is 0. The highest BCUT2D eigenvalue weighted by Crippen LogP contribution is 2.19. The van der Waals surface area contributed by atoms with Gasteiger partial charge in [0.25, 0.3) is 5.91 Å². The molecular formula is C14H18N4O2. The lowest BCUT2D eigenvalue weighted by atomic mass is 10.2. The third-order valence-corrected chi connectivity index (χ3v) is 2.87. The Morgan fingerprint density at radius 3 is 2.50 bits per heavy atom. The standard InChI is InChI=1S/C14H18N4O2/c1-17(2)11-7-5-10(6-8-11)15-13(19)12-9-18(3)16-14(12)20-4/h5-9H,1-4H3,(H,15,19). The molecule has 0 radical (unpaired) electrons. The van der Waals surface area contributed by atoms with E-state index in [-0.39, 0.29) is 5.91 Å². The van der Waals surface area contributed by atoms with Crippen LogP contribution in [0.4, 0.5) is 11.4 Å². The van der Waals surface area contributed by atoms with Gasteiger partial charge < -0.3 is 15.0 Å². The van der Waals surface area contributed by atoms with Gasteiger partial charge in [0.15, 0.2) is 0 Å². The summed E-state index contributed by atoms with van der Waals surface area (Å²) in [6.07, 6.45) is 1.63. The molecule has 6 heteroatoms. The predicted molar refractivity (Wildman–Crippen MR) is 78.5 cm³/mol. The predicted octanol–water partition coefficient (Wildman–Crippen LogP) is 1.75. The summed E-state index contributed by atoms with van der Waals surface area (Å²) in [6.45, 7) is 0. The fourth-order valence-electron chi connectivity index (χ4n) is 1.82. The van der Waals surface area contributed by atoms with E-state index in [1.165, 1.54) is 7.11 Å².